The van der Waals surface area contributed by atoms with Crippen LogP contribution in [0.3, 0.4) is 0 Å². The summed E-state index contributed by atoms with van der Waals surface area (Å²) in [5.74, 6) is -0.507. The minimum Gasteiger partial charge on any atom is -0.497 e. The number of carbonyl (C=O) groups excluding carboxylic acids is 2. The summed E-state index contributed by atoms with van der Waals surface area (Å²) in [6, 6.07) is 11.9. The van der Waals surface area contributed by atoms with Crippen LogP contribution in [0.25, 0.3) is 0 Å². The molecule has 1 N–H and O–H groups in total. The standard InChI is InChI=1S/C20H22N2O6S/c1-4-13-22(29(25,26)18-11-9-17(27-2)10-12-18)14-19(23)21-16-7-5-15(6-8-16)20(24)28-3/h4-12H,1,13-14H2,2-3H3,(H,21,23). The van der Waals surface area contributed by atoms with Crippen LogP contribution in [0.2, 0.25) is 0 Å². The number of rotatable bonds is 9. The molecule has 0 aromatic heterocycles. The van der Waals surface area contributed by atoms with Crippen LogP contribution in [-0.2, 0) is 19.6 Å². The number of hydrogen-bond acceptors (Lipinski definition) is 6. The quantitative estimate of drug-likeness (QED) is 0.495. The average molecular weight is 418 g/mol. The first-order valence-corrected chi connectivity index (χ1v) is 9.99. The lowest BCUT2D eigenvalue weighted by atomic mass is 10.2. The summed E-state index contributed by atoms with van der Waals surface area (Å²) in [4.78, 5) is 23.9. The molecule has 2 rings (SSSR count). The molecule has 0 radical (unpaired) electrons. The number of anilines is 1. The molecular weight excluding hydrogens is 396 g/mol. The van der Waals surface area contributed by atoms with Gasteiger partial charge in [-0.1, -0.05) is 6.08 Å². The van der Waals surface area contributed by atoms with Crippen molar-refractivity contribution in [2.45, 2.75) is 4.90 Å². The maximum absolute atomic E-state index is 12.9. The van der Waals surface area contributed by atoms with Crippen LogP contribution in [-0.4, -0.2) is 51.9 Å². The Morgan fingerprint density at radius 2 is 1.69 bits per heavy atom. The van der Waals surface area contributed by atoms with E-state index in [2.05, 4.69) is 16.6 Å². The fourth-order valence-electron chi connectivity index (χ4n) is 2.46. The Kier molecular flexibility index (Phi) is 7.52. The van der Waals surface area contributed by atoms with E-state index in [-0.39, 0.29) is 11.4 Å². The second kappa shape index (κ2) is 9.85. The van der Waals surface area contributed by atoms with Gasteiger partial charge in [-0.25, -0.2) is 13.2 Å². The van der Waals surface area contributed by atoms with Gasteiger partial charge >= 0.3 is 5.97 Å². The molecule has 1 amide bonds. The topological polar surface area (TPSA) is 102 Å². The van der Waals surface area contributed by atoms with E-state index in [1.165, 1.54) is 68.8 Å². The number of amides is 1. The molecule has 0 aliphatic carbocycles. The summed E-state index contributed by atoms with van der Waals surface area (Å²) in [7, 11) is -1.16. The van der Waals surface area contributed by atoms with E-state index in [0.717, 1.165) is 4.31 Å². The highest BCUT2D eigenvalue weighted by atomic mass is 32.2. The number of nitrogens with zero attached hydrogens (tertiary/aromatic N) is 1. The van der Waals surface area contributed by atoms with Crippen LogP contribution >= 0.6 is 0 Å². The first-order chi connectivity index (χ1) is 13.8. The van der Waals surface area contributed by atoms with Gasteiger partial charge in [0.1, 0.15) is 5.75 Å². The Balaban J connectivity index is 2.13. The fraction of sp³-hybridized carbons (Fsp3) is 0.200. The summed E-state index contributed by atoms with van der Waals surface area (Å²) >= 11 is 0. The molecule has 29 heavy (non-hydrogen) atoms. The molecule has 0 bridgehead atoms. The zero-order valence-corrected chi connectivity index (χ0v) is 16.9. The number of ether oxygens (including phenoxy) is 2. The number of nitrogens with one attached hydrogen (secondary N) is 1. The molecule has 0 heterocycles. The normalized spacial score (nSPS) is 11.0. The van der Waals surface area contributed by atoms with Crippen molar-refractivity contribution in [3.05, 3.63) is 66.7 Å². The lowest BCUT2D eigenvalue weighted by Crippen LogP contribution is -2.38. The molecule has 9 heteroatoms. The average Bonchev–Trinajstić information content (AvgIpc) is 2.73. The zero-order valence-electron chi connectivity index (χ0n) is 16.1. The predicted molar refractivity (Wildman–Crippen MR) is 108 cm³/mol. The van der Waals surface area contributed by atoms with Crippen LogP contribution in [0.1, 0.15) is 10.4 Å². The molecule has 2 aromatic carbocycles. The Morgan fingerprint density at radius 3 is 2.21 bits per heavy atom. The van der Waals surface area contributed by atoms with Crippen molar-refractivity contribution in [2.75, 3.05) is 32.6 Å². The minimum atomic E-state index is -3.91. The lowest BCUT2D eigenvalue weighted by molar-refractivity contribution is -0.116. The number of esters is 1. The molecule has 0 saturated heterocycles. The Bertz CT molecular complexity index is 969. The van der Waals surface area contributed by atoms with Crippen molar-refractivity contribution in [3.63, 3.8) is 0 Å². The van der Waals surface area contributed by atoms with E-state index in [0.29, 0.717) is 17.0 Å². The molecule has 0 spiro atoms. The van der Waals surface area contributed by atoms with Gasteiger partial charge < -0.3 is 14.8 Å². The molecule has 0 fully saturated rings. The summed E-state index contributed by atoms with van der Waals surface area (Å²) in [6.45, 7) is 3.12. The fourth-order valence-corrected chi connectivity index (χ4v) is 3.82. The molecule has 0 aliphatic heterocycles. The molecule has 0 aliphatic rings. The molecular formula is C20H22N2O6S. The van der Waals surface area contributed by atoms with Gasteiger partial charge in [0.15, 0.2) is 0 Å². The van der Waals surface area contributed by atoms with Crippen molar-refractivity contribution in [1.29, 1.82) is 0 Å². The smallest absolute Gasteiger partial charge is 0.337 e. The van der Waals surface area contributed by atoms with E-state index < -0.39 is 28.4 Å². The third kappa shape index (κ3) is 5.66. The molecule has 2 aromatic rings. The number of benzene rings is 2. The highest BCUT2D eigenvalue weighted by Crippen LogP contribution is 2.20. The molecule has 0 atom stereocenters. The van der Waals surface area contributed by atoms with Crippen LogP contribution in [0.4, 0.5) is 5.69 Å². The maximum atomic E-state index is 12.9. The number of hydrogen-bond donors (Lipinski definition) is 1. The summed E-state index contributed by atoms with van der Waals surface area (Å²) < 4.78 is 36.4. The van der Waals surface area contributed by atoms with Crippen LogP contribution in [0.5, 0.6) is 5.75 Å². The second-order valence-electron chi connectivity index (χ2n) is 5.88. The Labute approximate surface area is 169 Å². The summed E-state index contributed by atoms with van der Waals surface area (Å²) in [5.41, 5.74) is 0.754. The van der Waals surface area contributed by atoms with E-state index in [4.69, 9.17) is 4.74 Å². The van der Waals surface area contributed by atoms with Crippen molar-refractivity contribution < 1.29 is 27.5 Å². The van der Waals surface area contributed by atoms with Gasteiger partial charge in [-0.15, -0.1) is 6.58 Å². The highest BCUT2D eigenvalue weighted by Gasteiger charge is 2.25. The minimum absolute atomic E-state index is 0.0374. The van der Waals surface area contributed by atoms with E-state index >= 15 is 0 Å². The van der Waals surface area contributed by atoms with Gasteiger partial charge in [-0.05, 0) is 48.5 Å². The monoisotopic (exact) mass is 418 g/mol. The molecule has 0 unspecified atom stereocenters. The largest absolute Gasteiger partial charge is 0.497 e. The third-order valence-electron chi connectivity index (χ3n) is 3.94. The third-order valence-corrected chi connectivity index (χ3v) is 5.77. The van der Waals surface area contributed by atoms with Gasteiger partial charge in [0.25, 0.3) is 0 Å². The first kappa shape index (κ1) is 22.1. The van der Waals surface area contributed by atoms with Crippen molar-refractivity contribution >= 4 is 27.6 Å². The SMILES string of the molecule is C=CCN(CC(=O)Nc1ccc(C(=O)OC)cc1)S(=O)(=O)c1ccc(OC)cc1. The maximum Gasteiger partial charge on any atom is 0.337 e. The van der Waals surface area contributed by atoms with Crippen molar-refractivity contribution in [2.24, 2.45) is 0 Å². The number of methoxy groups -OCH3 is 2. The second-order valence-corrected chi connectivity index (χ2v) is 7.82. The Morgan fingerprint density at radius 1 is 1.07 bits per heavy atom. The van der Waals surface area contributed by atoms with Crippen LogP contribution in [0, 0.1) is 0 Å². The van der Waals surface area contributed by atoms with Crippen molar-refractivity contribution in [1.82, 2.24) is 4.31 Å². The van der Waals surface area contributed by atoms with Crippen LogP contribution in [0.15, 0.2) is 66.1 Å². The van der Waals surface area contributed by atoms with Gasteiger partial charge in [-0.2, -0.15) is 4.31 Å². The van der Waals surface area contributed by atoms with Gasteiger partial charge in [0.2, 0.25) is 15.9 Å². The summed E-state index contributed by atoms with van der Waals surface area (Å²) in [5, 5.41) is 2.61. The molecule has 0 saturated carbocycles. The van der Waals surface area contributed by atoms with E-state index in [9.17, 15) is 18.0 Å². The number of sulfonamides is 1. The zero-order chi connectivity index (χ0) is 21.4. The van der Waals surface area contributed by atoms with E-state index in [1.54, 1.807) is 0 Å². The summed E-state index contributed by atoms with van der Waals surface area (Å²) in [6.07, 6.45) is 1.40. The first-order valence-electron chi connectivity index (χ1n) is 8.55. The molecule has 8 nitrogen and oxygen atoms in total. The van der Waals surface area contributed by atoms with Gasteiger partial charge in [0, 0.05) is 12.2 Å². The molecule has 154 valence electrons. The van der Waals surface area contributed by atoms with Gasteiger partial charge in [0.05, 0.1) is 31.2 Å². The number of carbonyl (C=O) groups is 2. The van der Waals surface area contributed by atoms with Crippen LogP contribution < -0.4 is 10.1 Å². The Hall–Kier alpha value is -3.17. The lowest BCUT2D eigenvalue weighted by Gasteiger charge is -2.20. The van der Waals surface area contributed by atoms with Gasteiger partial charge in [-0.3, -0.25) is 4.79 Å². The van der Waals surface area contributed by atoms with E-state index in [1.807, 2.05) is 0 Å². The highest BCUT2D eigenvalue weighted by molar-refractivity contribution is 7.89. The predicted octanol–water partition coefficient (Wildman–Crippen LogP) is 2.30. The van der Waals surface area contributed by atoms with Crippen molar-refractivity contribution in [3.8, 4) is 5.75 Å².